The van der Waals surface area contributed by atoms with Gasteiger partial charge in [0.25, 0.3) is 5.91 Å². The van der Waals surface area contributed by atoms with Gasteiger partial charge in [0.05, 0.1) is 18.9 Å². The van der Waals surface area contributed by atoms with Crippen LogP contribution < -0.4 is 5.32 Å². The third-order valence-corrected chi connectivity index (χ3v) is 6.21. The second-order valence-electron chi connectivity index (χ2n) is 7.65. The number of rotatable bonds is 3. The quantitative estimate of drug-likeness (QED) is 0.788. The van der Waals surface area contributed by atoms with Crippen LogP contribution in [0.1, 0.15) is 40.0 Å². The standard InChI is InChI=1S/C20H19BrN4O3/c21-13-1-2-14-15(7-13)20(4-5-20)11-25(18(14)27)9-17(26)24-19-22-8-12-3-6-28-10-16(12)23-19/h1-2,7-8H,3-6,9-11H2,(H,22,23,24,26). The summed E-state index contributed by atoms with van der Waals surface area (Å²) < 4.78 is 6.38. The van der Waals surface area contributed by atoms with Gasteiger partial charge in [-0.15, -0.1) is 0 Å². The minimum atomic E-state index is -0.290. The number of carbonyl (C=O) groups excluding carboxylic acids is 2. The van der Waals surface area contributed by atoms with Gasteiger partial charge in [-0.3, -0.25) is 14.9 Å². The van der Waals surface area contributed by atoms with Gasteiger partial charge in [-0.05, 0) is 48.6 Å². The summed E-state index contributed by atoms with van der Waals surface area (Å²) in [5, 5.41) is 2.72. The predicted octanol–water partition coefficient (Wildman–Crippen LogP) is 2.44. The van der Waals surface area contributed by atoms with Crippen molar-refractivity contribution in [1.82, 2.24) is 14.9 Å². The van der Waals surface area contributed by atoms with Crippen LogP contribution in [-0.4, -0.2) is 46.4 Å². The Morgan fingerprint density at radius 1 is 1.36 bits per heavy atom. The Hall–Kier alpha value is -2.32. The Morgan fingerprint density at radius 3 is 3.04 bits per heavy atom. The number of anilines is 1. The Morgan fingerprint density at radius 2 is 2.21 bits per heavy atom. The number of hydrogen-bond acceptors (Lipinski definition) is 5. The topological polar surface area (TPSA) is 84.4 Å². The molecule has 1 aliphatic carbocycles. The smallest absolute Gasteiger partial charge is 0.254 e. The van der Waals surface area contributed by atoms with E-state index in [2.05, 4.69) is 31.2 Å². The van der Waals surface area contributed by atoms with E-state index in [1.165, 1.54) is 0 Å². The zero-order valence-electron chi connectivity index (χ0n) is 15.2. The number of nitrogens with zero attached hydrogens (tertiary/aromatic N) is 3. The van der Waals surface area contributed by atoms with E-state index in [4.69, 9.17) is 4.74 Å². The van der Waals surface area contributed by atoms with Crippen molar-refractivity contribution in [3.8, 4) is 0 Å². The maximum atomic E-state index is 12.9. The molecule has 1 N–H and O–H groups in total. The van der Waals surface area contributed by atoms with Gasteiger partial charge >= 0.3 is 0 Å². The molecule has 1 aromatic heterocycles. The molecule has 5 rings (SSSR count). The minimum Gasteiger partial charge on any atom is -0.375 e. The molecule has 0 saturated heterocycles. The third kappa shape index (κ3) is 3.10. The number of amides is 2. The lowest BCUT2D eigenvalue weighted by Gasteiger charge is -2.34. The molecule has 3 aliphatic rings. The normalized spacial score (nSPS) is 19.2. The first kappa shape index (κ1) is 17.8. The number of fused-ring (bicyclic) bond motifs is 3. The minimum absolute atomic E-state index is 0.00691. The van der Waals surface area contributed by atoms with E-state index in [1.54, 1.807) is 11.1 Å². The summed E-state index contributed by atoms with van der Waals surface area (Å²) in [4.78, 5) is 35.7. The van der Waals surface area contributed by atoms with E-state index in [0.717, 1.165) is 40.6 Å². The van der Waals surface area contributed by atoms with E-state index in [1.807, 2.05) is 18.2 Å². The molecule has 28 heavy (non-hydrogen) atoms. The van der Waals surface area contributed by atoms with Crippen molar-refractivity contribution >= 4 is 33.7 Å². The van der Waals surface area contributed by atoms with Crippen LogP contribution in [0, 0.1) is 0 Å². The molecule has 3 heterocycles. The summed E-state index contributed by atoms with van der Waals surface area (Å²) in [6.07, 6.45) is 4.59. The number of halogens is 1. The van der Waals surface area contributed by atoms with Gasteiger partial charge in [0.15, 0.2) is 0 Å². The Labute approximate surface area is 170 Å². The average molecular weight is 443 g/mol. The van der Waals surface area contributed by atoms with E-state index < -0.39 is 0 Å². The lowest BCUT2D eigenvalue weighted by atomic mass is 9.86. The van der Waals surface area contributed by atoms with Gasteiger partial charge < -0.3 is 9.64 Å². The highest BCUT2D eigenvalue weighted by atomic mass is 79.9. The summed E-state index contributed by atoms with van der Waals surface area (Å²) in [6.45, 7) is 1.66. The molecule has 0 atom stereocenters. The molecule has 8 heteroatoms. The molecule has 0 radical (unpaired) electrons. The van der Waals surface area contributed by atoms with Crippen molar-refractivity contribution in [3.05, 3.63) is 51.3 Å². The highest BCUT2D eigenvalue weighted by molar-refractivity contribution is 9.10. The van der Waals surface area contributed by atoms with Gasteiger partial charge in [-0.2, -0.15) is 0 Å². The van der Waals surface area contributed by atoms with Gasteiger partial charge in [-0.25, -0.2) is 9.97 Å². The SMILES string of the molecule is O=C(CN1CC2(CC2)c2cc(Br)ccc2C1=O)Nc1ncc2c(n1)COCC2. The van der Waals surface area contributed by atoms with Gasteiger partial charge in [-0.1, -0.05) is 15.9 Å². The van der Waals surface area contributed by atoms with Crippen LogP contribution in [0.2, 0.25) is 0 Å². The first-order valence-electron chi connectivity index (χ1n) is 9.36. The highest BCUT2D eigenvalue weighted by Gasteiger charge is 2.51. The molecule has 2 aromatic rings. The summed E-state index contributed by atoms with van der Waals surface area (Å²) in [7, 11) is 0. The number of aromatic nitrogens is 2. The second-order valence-corrected chi connectivity index (χ2v) is 8.56. The molecule has 2 amide bonds. The van der Waals surface area contributed by atoms with Crippen LogP contribution in [0.3, 0.4) is 0 Å². The average Bonchev–Trinajstić information content (AvgIpc) is 3.46. The van der Waals surface area contributed by atoms with Gasteiger partial charge in [0.2, 0.25) is 11.9 Å². The molecule has 1 aromatic carbocycles. The number of ether oxygens (including phenoxy) is 1. The van der Waals surface area contributed by atoms with E-state index >= 15 is 0 Å². The fraction of sp³-hybridized carbons (Fsp3) is 0.400. The number of carbonyl (C=O) groups is 2. The van der Waals surface area contributed by atoms with Crippen molar-refractivity contribution in [2.45, 2.75) is 31.3 Å². The predicted molar refractivity (Wildman–Crippen MR) is 105 cm³/mol. The number of benzene rings is 1. The molecular formula is C20H19BrN4O3. The molecular weight excluding hydrogens is 424 g/mol. The fourth-order valence-electron chi connectivity index (χ4n) is 4.07. The van der Waals surface area contributed by atoms with Crippen LogP contribution in [0.25, 0.3) is 0 Å². The first-order valence-corrected chi connectivity index (χ1v) is 10.2. The van der Waals surface area contributed by atoms with Crippen LogP contribution in [0.15, 0.2) is 28.9 Å². The lowest BCUT2D eigenvalue weighted by molar-refractivity contribution is -0.117. The van der Waals surface area contributed by atoms with Crippen LogP contribution in [0.4, 0.5) is 5.95 Å². The van der Waals surface area contributed by atoms with Gasteiger partial charge in [0.1, 0.15) is 6.54 Å². The Kier molecular flexibility index (Phi) is 4.21. The monoisotopic (exact) mass is 442 g/mol. The molecule has 1 fully saturated rings. The molecule has 7 nitrogen and oxygen atoms in total. The highest BCUT2D eigenvalue weighted by Crippen LogP contribution is 2.52. The summed E-state index contributed by atoms with van der Waals surface area (Å²) in [6, 6.07) is 5.76. The zero-order chi connectivity index (χ0) is 19.3. The molecule has 0 unspecified atom stereocenters. The van der Waals surface area contributed by atoms with E-state index in [0.29, 0.717) is 25.3 Å². The summed E-state index contributed by atoms with van der Waals surface area (Å²) in [5.41, 5.74) is 3.65. The van der Waals surface area contributed by atoms with Crippen LogP contribution >= 0.6 is 15.9 Å². The Bertz CT molecular complexity index is 989. The maximum absolute atomic E-state index is 12.9. The van der Waals surface area contributed by atoms with Crippen molar-refractivity contribution < 1.29 is 14.3 Å². The largest absolute Gasteiger partial charge is 0.375 e. The van der Waals surface area contributed by atoms with E-state index in [9.17, 15) is 9.59 Å². The van der Waals surface area contributed by atoms with Crippen molar-refractivity contribution in [2.75, 3.05) is 25.0 Å². The number of nitrogens with one attached hydrogen (secondary N) is 1. The second kappa shape index (κ2) is 6.63. The van der Waals surface area contributed by atoms with Crippen molar-refractivity contribution in [3.63, 3.8) is 0 Å². The fourth-order valence-corrected chi connectivity index (χ4v) is 4.43. The first-order chi connectivity index (χ1) is 13.5. The van der Waals surface area contributed by atoms with Crippen LogP contribution in [-0.2, 0) is 28.0 Å². The Balaban J connectivity index is 1.32. The zero-order valence-corrected chi connectivity index (χ0v) is 16.8. The lowest BCUT2D eigenvalue weighted by Crippen LogP contribution is -2.46. The maximum Gasteiger partial charge on any atom is 0.254 e. The number of hydrogen-bond donors (Lipinski definition) is 1. The van der Waals surface area contributed by atoms with Crippen LogP contribution in [0.5, 0.6) is 0 Å². The van der Waals surface area contributed by atoms with Crippen molar-refractivity contribution in [2.24, 2.45) is 0 Å². The molecule has 0 bridgehead atoms. The van der Waals surface area contributed by atoms with E-state index in [-0.39, 0.29) is 29.7 Å². The van der Waals surface area contributed by atoms with Gasteiger partial charge in [0, 0.05) is 28.2 Å². The molecule has 1 spiro atoms. The molecule has 144 valence electrons. The molecule has 2 aliphatic heterocycles. The summed E-state index contributed by atoms with van der Waals surface area (Å²) >= 11 is 3.50. The summed E-state index contributed by atoms with van der Waals surface area (Å²) in [5.74, 6) is -0.138. The van der Waals surface area contributed by atoms with Crippen molar-refractivity contribution in [1.29, 1.82) is 0 Å². The molecule has 1 saturated carbocycles. The third-order valence-electron chi connectivity index (χ3n) is 5.71.